The molecule has 0 spiro atoms. The molecule has 0 amide bonds. The molecule has 1 aliphatic carbocycles. The van der Waals surface area contributed by atoms with Gasteiger partial charge in [-0.2, -0.15) is 0 Å². The van der Waals surface area contributed by atoms with Gasteiger partial charge in [0.25, 0.3) is 0 Å². The largest absolute Gasteiger partial charge is 0.319 e. The van der Waals surface area contributed by atoms with Crippen LogP contribution < -0.4 is 5.32 Å². The Morgan fingerprint density at radius 2 is 2.06 bits per heavy atom. The highest BCUT2D eigenvalue weighted by Gasteiger charge is 2.41. The first-order valence-electron chi connectivity index (χ1n) is 6.14. The maximum absolute atomic E-state index is 13.7. The summed E-state index contributed by atoms with van der Waals surface area (Å²) in [6.45, 7) is 3.00. The van der Waals surface area contributed by atoms with Crippen LogP contribution in [0, 0.1) is 23.0 Å². The van der Waals surface area contributed by atoms with Crippen LogP contribution in [-0.2, 0) is 6.42 Å². The van der Waals surface area contributed by atoms with Crippen LogP contribution in [0.3, 0.4) is 0 Å². The Morgan fingerprint density at radius 1 is 1.35 bits per heavy atom. The summed E-state index contributed by atoms with van der Waals surface area (Å²) in [4.78, 5) is 0. The molecule has 0 bridgehead atoms. The third kappa shape index (κ3) is 2.65. The summed E-state index contributed by atoms with van der Waals surface area (Å²) in [6.07, 6.45) is 3.01. The third-order valence-corrected chi connectivity index (χ3v) is 3.77. The number of benzene rings is 1. The summed E-state index contributed by atoms with van der Waals surface area (Å²) in [7, 11) is 1.91. The van der Waals surface area contributed by atoms with Gasteiger partial charge in [-0.05, 0) is 49.3 Å². The molecule has 1 N–H and O–H groups in total. The lowest BCUT2D eigenvalue weighted by Gasteiger charge is -2.30. The van der Waals surface area contributed by atoms with Crippen molar-refractivity contribution >= 4 is 0 Å². The fraction of sp³-hybridized carbons (Fsp3) is 0.571. The second-order valence-corrected chi connectivity index (χ2v) is 5.35. The number of rotatable bonds is 5. The predicted octanol–water partition coefficient (Wildman–Crippen LogP) is 3.14. The van der Waals surface area contributed by atoms with Gasteiger partial charge in [0.05, 0.1) is 0 Å². The molecule has 1 atom stereocenters. The van der Waals surface area contributed by atoms with Crippen molar-refractivity contribution in [2.75, 3.05) is 13.6 Å². The first kappa shape index (κ1) is 12.5. The van der Waals surface area contributed by atoms with E-state index in [0.717, 1.165) is 6.54 Å². The van der Waals surface area contributed by atoms with E-state index >= 15 is 0 Å². The second-order valence-electron chi connectivity index (χ2n) is 5.35. The summed E-state index contributed by atoms with van der Waals surface area (Å²) >= 11 is 0. The molecule has 1 nitrogen and oxygen atoms in total. The quantitative estimate of drug-likeness (QED) is 0.832. The zero-order chi connectivity index (χ0) is 12.5. The molecule has 1 unspecified atom stereocenters. The predicted molar refractivity (Wildman–Crippen MR) is 64.8 cm³/mol. The summed E-state index contributed by atoms with van der Waals surface area (Å²) in [5, 5.41) is 3.17. The number of hydrogen-bond donors (Lipinski definition) is 1. The molecule has 3 heteroatoms. The van der Waals surface area contributed by atoms with E-state index in [-0.39, 0.29) is 5.41 Å². The summed E-state index contributed by atoms with van der Waals surface area (Å²) < 4.78 is 26.8. The maximum atomic E-state index is 13.7. The molecule has 0 heterocycles. The van der Waals surface area contributed by atoms with Crippen molar-refractivity contribution in [2.45, 2.75) is 26.2 Å². The van der Waals surface area contributed by atoms with Crippen molar-refractivity contribution in [3.8, 4) is 0 Å². The van der Waals surface area contributed by atoms with E-state index in [1.165, 1.54) is 18.9 Å². The van der Waals surface area contributed by atoms with Gasteiger partial charge in [0.15, 0.2) is 11.6 Å². The molecule has 17 heavy (non-hydrogen) atoms. The Balaban J connectivity index is 2.20. The van der Waals surface area contributed by atoms with Gasteiger partial charge in [0, 0.05) is 6.54 Å². The van der Waals surface area contributed by atoms with Crippen LogP contribution in [0.1, 0.15) is 25.3 Å². The van der Waals surface area contributed by atoms with Gasteiger partial charge < -0.3 is 5.32 Å². The standard InChI is InChI=1S/C14H19F2N/c1-14(9-17-2,11-6-7-11)8-10-4-3-5-12(15)13(10)16/h3-5,11,17H,6-9H2,1-2H3. The highest BCUT2D eigenvalue weighted by atomic mass is 19.2. The molecule has 94 valence electrons. The van der Waals surface area contributed by atoms with Crippen molar-refractivity contribution in [1.29, 1.82) is 0 Å². The van der Waals surface area contributed by atoms with Crippen LogP contribution in [0.2, 0.25) is 0 Å². The lowest BCUT2D eigenvalue weighted by atomic mass is 9.78. The van der Waals surface area contributed by atoms with E-state index < -0.39 is 11.6 Å². The lowest BCUT2D eigenvalue weighted by molar-refractivity contribution is 0.259. The Labute approximate surface area is 101 Å². The summed E-state index contributed by atoms with van der Waals surface area (Å²) in [5.74, 6) is -0.793. The summed E-state index contributed by atoms with van der Waals surface area (Å²) in [6, 6.07) is 4.44. The first-order valence-corrected chi connectivity index (χ1v) is 6.14. The van der Waals surface area contributed by atoms with Crippen molar-refractivity contribution in [3.63, 3.8) is 0 Å². The van der Waals surface area contributed by atoms with E-state index in [0.29, 0.717) is 17.9 Å². The Hall–Kier alpha value is -0.960. The molecular formula is C14H19F2N. The first-order chi connectivity index (χ1) is 8.07. The fourth-order valence-corrected chi connectivity index (χ4v) is 2.66. The van der Waals surface area contributed by atoms with Crippen LogP contribution >= 0.6 is 0 Å². The smallest absolute Gasteiger partial charge is 0.162 e. The van der Waals surface area contributed by atoms with Gasteiger partial charge in [-0.25, -0.2) is 8.78 Å². The minimum Gasteiger partial charge on any atom is -0.319 e. The molecule has 0 saturated heterocycles. The van der Waals surface area contributed by atoms with E-state index in [4.69, 9.17) is 0 Å². The molecule has 1 fully saturated rings. The molecule has 0 radical (unpaired) electrons. The van der Waals surface area contributed by atoms with Crippen LogP contribution in [0.15, 0.2) is 18.2 Å². The molecule has 1 saturated carbocycles. The minimum atomic E-state index is -0.745. The molecule has 1 aliphatic rings. The lowest BCUT2D eigenvalue weighted by Crippen LogP contribution is -2.34. The van der Waals surface area contributed by atoms with Crippen LogP contribution in [0.25, 0.3) is 0 Å². The Morgan fingerprint density at radius 3 is 2.65 bits per heavy atom. The van der Waals surface area contributed by atoms with Crippen molar-refractivity contribution in [2.24, 2.45) is 11.3 Å². The van der Waals surface area contributed by atoms with E-state index in [9.17, 15) is 8.78 Å². The molecular weight excluding hydrogens is 220 g/mol. The zero-order valence-corrected chi connectivity index (χ0v) is 10.4. The van der Waals surface area contributed by atoms with Gasteiger partial charge >= 0.3 is 0 Å². The van der Waals surface area contributed by atoms with Crippen LogP contribution in [0.5, 0.6) is 0 Å². The number of halogens is 2. The topological polar surface area (TPSA) is 12.0 Å². The van der Waals surface area contributed by atoms with E-state index in [1.807, 2.05) is 7.05 Å². The highest BCUT2D eigenvalue weighted by molar-refractivity contribution is 5.21. The molecule has 1 aromatic carbocycles. The van der Waals surface area contributed by atoms with Crippen molar-refractivity contribution < 1.29 is 8.78 Å². The van der Waals surface area contributed by atoms with Gasteiger partial charge in [-0.1, -0.05) is 19.1 Å². The minimum absolute atomic E-state index is 0.0311. The van der Waals surface area contributed by atoms with Gasteiger partial charge in [0.1, 0.15) is 0 Å². The Bertz CT molecular complexity index is 401. The third-order valence-electron chi connectivity index (χ3n) is 3.77. The Kier molecular flexibility index (Phi) is 3.48. The van der Waals surface area contributed by atoms with Gasteiger partial charge in [-0.15, -0.1) is 0 Å². The molecule has 0 aromatic heterocycles. The van der Waals surface area contributed by atoms with Crippen LogP contribution in [0.4, 0.5) is 8.78 Å². The van der Waals surface area contributed by atoms with Crippen molar-refractivity contribution in [1.82, 2.24) is 5.32 Å². The molecule has 0 aliphatic heterocycles. The normalized spacial score (nSPS) is 19.1. The fourth-order valence-electron chi connectivity index (χ4n) is 2.66. The zero-order valence-electron chi connectivity index (χ0n) is 10.4. The van der Waals surface area contributed by atoms with Gasteiger partial charge in [0.2, 0.25) is 0 Å². The molecule has 2 rings (SSSR count). The van der Waals surface area contributed by atoms with E-state index in [2.05, 4.69) is 12.2 Å². The van der Waals surface area contributed by atoms with E-state index in [1.54, 1.807) is 12.1 Å². The average Bonchev–Trinajstić information content (AvgIpc) is 3.09. The summed E-state index contributed by atoms with van der Waals surface area (Å²) in [5.41, 5.74) is 0.526. The van der Waals surface area contributed by atoms with Crippen LogP contribution in [-0.4, -0.2) is 13.6 Å². The monoisotopic (exact) mass is 239 g/mol. The highest BCUT2D eigenvalue weighted by Crippen LogP contribution is 2.47. The van der Waals surface area contributed by atoms with Gasteiger partial charge in [-0.3, -0.25) is 0 Å². The van der Waals surface area contributed by atoms with Crippen molar-refractivity contribution in [3.05, 3.63) is 35.4 Å². The maximum Gasteiger partial charge on any atom is 0.162 e. The second kappa shape index (κ2) is 4.73. The SMILES string of the molecule is CNCC(C)(Cc1cccc(F)c1F)C1CC1. The molecule has 1 aromatic rings. The number of hydrogen-bond acceptors (Lipinski definition) is 1. The number of nitrogens with one attached hydrogen (secondary N) is 1. The average molecular weight is 239 g/mol.